The van der Waals surface area contributed by atoms with Crippen LogP contribution >= 0.6 is 0 Å². The fraction of sp³-hybridized carbons (Fsp3) is 0.769. The summed E-state index contributed by atoms with van der Waals surface area (Å²) in [7, 11) is 2.03. The predicted octanol–water partition coefficient (Wildman–Crippen LogP) is 2.74. The second-order valence-electron chi connectivity index (χ2n) is 4.23. The van der Waals surface area contributed by atoms with Crippen molar-refractivity contribution in [3.63, 3.8) is 0 Å². The number of aryl methyl sites for hydroxylation is 2. The molecule has 92 valence electrons. The summed E-state index contributed by atoms with van der Waals surface area (Å²) in [6.45, 7) is 9.73. The lowest BCUT2D eigenvalue weighted by atomic mass is 10.1. The molecule has 3 nitrogen and oxygen atoms in total. The number of likely N-dealkylation sites (tertiary alicyclic amines) is 1. The van der Waals surface area contributed by atoms with E-state index in [0.717, 1.165) is 6.54 Å². The summed E-state index contributed by atoms with van der Waals surface area (Å²) < 4.78 is 2.00. The molecule has 1 aromatic rings. The maximum absolute atomic E-state index is 4.27. The van der Waals surface area contributed by atoms with Gasteiger partial charge in [0, 0.05) is 13.6 Å². The predicted molar refractivity (Wildman–Crippen MR) is 68.4 cm³/mol. The molecule has 0 radical (unpaired) electrons. The highest BCUT2D eigenvalue weighted by Gasteiger charge is 2.13. The Labute approximate surface area is 99.4 Å². The maximum Gasteiger partial charge on any atom is 0.0550 e. The number of hydrogen-bond acceptors (Lipinski definition) is 2. The van der Waals surface area contributed by atoms with Gasteiger partial charge in [-0.25, -0.2) is 0 Å². The number of piperidine rings is 1. The van der Waals surface area contributed by atoms with E-state index in [0.29, 0.717) is 0 Å². The summed E-state index contributed by atoms with van der Waals surface area (Å²) in [6, 6.07) is 0. The zero-order valence-corrected chi connectivity index (χ0v) is 11.2. The van der Waals surface area contributed by atoms with Crippen LogP contribution < -0.4 is 0 Å². The van der Waals surface area contributed by atoms with E-state index < -0.39 is 0 Å². The van der Waals surface area contributed by atoms with Crippen LogP contribution in [0.5, 0.6) is 0 Å². The quantitative estimate of drug-likeness (QED) is 0.768. The lowest BCUT2D eigenvalue weighted by Crippen LogP contribution is -2.30. The molecule has 1 aromatic heterocycles. The van der Waals surface area contributed by atoms with E-state index in [9.17, 15) is 0 Å². The Bertz CT molecular complexity index is 279. The van der Waals surface area contributed by atoms with Crippen LogP contribution in [-0.4, -0.2) is 27.8 Å². The highest BCUT2D eigenvalue weighted by atomic mass is 15.3. The number of rotatable bonds is 2. The molecular weight excluding hydrogens is 198 g/mol. The zero-order valence-electron chi connectivity index (χ0n) is 11.2. The molecule has 16 heavy (non-hydrogen) atoms. The summed E-state index contributed by atoms with van der Waals surface area (Å²) in [4.78, 5) is 2.54. The van der Waals surface area contributed by atoms with Crippen LogP contribution in [-0.2, 0) is 13.6 Å². The van der Waals surface area contributed by atoms with E-state index >= 15 is 0 Å². The first-order valence-corrected chi connectivity index (χ1v) is 6.47. The van der Waals surface area contributed by atoms with Gasteiger partial charge in [0.05, 0.1) is 11.9 Å². The van der Waals surface area contributed by atoms with Gasteiger partial charge in [-0.2, -0.15) is 5.10 Å². The lowest BCUT2D eigenvalue weighted by Gasteiger charge is -2.26. The van der Waals surface area contributed by atoms with Gasteiger partial charge in [0.1, 0.15) is 0 Å². The number of hydrogen-bond donors (Lipinski definition) is 0. The number of aromatic nitrogens is 2. The van der Waals surface area contributed by atoms with E-state index in [-0.39, 0.29) is 0 Å². The summed E-state index contributed by atoms with van der Waals surface area (Å²) in [5.74, 6) is 0. The monoisotopic (exact) mass is 223 g/mol. The van der Waals surface area contributed by atoms with Crippen molar-refractivity contribution in [3.05, 3.63) is 17.5 Å². The molecule has 0 unspecified atom stereocenters. The molecule has 0 aromatic carbocycles. The fourth-order valence-electron chi connectivity index (χ4n) is 2.13. The van der Waals surface area contributed by atoms with Gasteiger partial charge in [0.2, 0.25) is 0 Å². The van der Waals surface area contributed by atoms with E-state index in [1.54, 1.807) is 0 Å². The molecule has 1 aliphatic rings. The lowest BCUT2D eigenvalue weighted by molar-refractivity contribution is 0.215. The van der Waals surface area contributed by atoms with E-state index in [2.05, 4.69) is 16.9 Å². The summed E-state index contributed by atoms with van der Waals surface area (Å²) >= 11 is 0. The van der Waals surface area contributed by atoms with Gasteiger partial charge in [0.15, 0.2) is 0 Å². The summed E-state index contributed by atoms with van der Waals surface area (Å²) in [6.07, 6.45) is 6.08. The van der Waals surface area contributed by atoms with Gasteiger partial charge in [-0.05, 0) is 38.4 Å². The minimum absolute atomic E-state index is 1.07. The van der Waals surface area contributed by atoms with Gasteiger partial charge in [-0.1, -0.05) is 20.3 Å². The van der Waals surface area contributed by atoms with Gasteiger partial charge in [0.25, 0.3) is 0 Å². The summed E-state index contributed by atoms with van der Waals surface area (Å²) in [5, 5.41) is 4.27. The Morgan fingerprint density at radius 1 is 1.19 bits per heavy atom. The van der Waals surface area contributed by atoms with Crippen molar-refractivity contribution in [2.75, 3.05) is 13.1 Å². The normalized spacial score (nSPS) is 16.8. The first-order valence-electron chi connectivity index (χ1n) is 6.47. The Morgan fingerprint density at radius 3 is 2.31 bits per heavy atom. The molecule has 3 heteroatoms. The first kappa shape index (κ1) is 13.2. The summed E-state index contributed by atoms with van der Waals surface area (Å²) in [5.41, 5.74) is 2.69. The van der Waals surface area contributed by atoms with Crippen molar-refractivity contribution in [2.45, 2.75) is 46.6 Å². The molecule has 0 spiro atoms. The van der Waals surface area contributed by atoms with E-state index in [1.165, 1.54) is 43.6 Å². The third kappa shape index (κ3) is 3.34. The third-order valence-corrected chi connectivity index (χ3v) is 3.09. The van der Waals surface area contributed by atoms with Crippen LogP contribution in [0.2, 0.25) is 0 Å². The molecule has 2 rings (SSSR count). The van der Waals surface area contributed by atoms with Crippen LogP contribution in [0.1, 0.15) is 44.4 Å². The largest absolute Gasteiger partial charge is 0.298 e. The smallest absolute Gasteiger partial charge is 0.0550 e. The minimum Gasteiger partial charge on any atom is -0.298 e. The van der Waals surface area contributed by atoms with E-state index in [1.807, 2.05) is 31.8 Å². The van der Waals surface area contributed by atoms with Gasteiger partial charge in [-0.3, -0.25) is 9.58 Å². The van der Waals surface area contributed by atoms with Gasteiger partial charge < -0.3 is 0 Å². The first-order chi connectivity index (χ1) is 7.77. The molecular formula is C13H25N3. The van der Waals surface area contributed by atoms with Crippen molar-refractivity contribution in [1.82, 2.24) is 14.7 Å². The van der Waals surface area contributed by atoms with Crippen molar-refractivity contribution in [1.29, 1.82) is 0 Å². The zero-order chi connectivity index (χ0) is 12.0. The van der Waals surface area contributed by atoms with Gasteiger partial charge >= 0.3 is 0 Å². The van der Waals surface area contributed by atoms with Crippen LogP contribution in [0.3, 0.4) is 0 Å². The third-order valence-electron chi connectivity index (χ3n) is 3.09. The fourth-order valence-corrected chi connectivity index (χ4v) is 2.13. The standard InChI is InChI=1S/C11H19N3.C2H6/c1-10-8-12-13(2)11(10)9-14-6-4-3-5-7-14;1-2/h8H,3-7,9H2,1-2H3;1-2H3. The topological polar surface area (TPSA) is 21.1 Å². The maximum atomic E-state index is 4.27. The molecule has 0 aliphatic carbocycles. The molecule has 1 saturated heterocycles. The SMILES string of the molecule is CC.Cc1cnn(C)c1CN1CCCCC1. The van der Waals surface area contributed by atoms with Crippen molar-refractivity contribution < 1.29 is 0 Å². The highest BCUT2D eigenvalue weighted by Crippen LogP contribution is 2.14. The Balaban J connectivity index is 0.000000606. The second-order valence-corrected chi connectivity index (χ2v) is 4.23. The van der Waals surface area contributed by atoms with Crippen LogP contribution in [0.15, 0.2) is 6.20 Å². The average molecular weight is 223 g/mol. The average Bonchev–Trinajstić information content (AvgIpc) is 2.65. The van der Waals surface area contributed by atoms with Gasteiger partial charge in [-0.15, -0.1) is 0 Å². The Kier molecular flexibility index (Phi) is 5.53. The molecule has 0 amide bonds. The molecule has 0 atom stereocenters. The molecule has 0 N–H and O–H groups in total. The van der Waals surface area contributed by atoms with Crippen LogP contribution in [0, 0.1) is 6.92 Å². The Hall–Kier alpha value is -0.830. The van der Waals surface area contributed by atoms with Crippen molar-refractivity contribution >= 4 is 0 Å². The minimum atomic E-state index is 1.07. The molecule has 1 aliphatic heterocycles. The van der Waals surface area contributed by atoms with Crippen LogP contribution in [0.4, 0.5) is 0 Å². The van der Waals surface area contributed by atoms with Crippen LogP contribution in [0.25, 0.3) is 0 Å². The molecule has 1 fully saturated rings. The molecule has 2 heterocycles. The number of nitrogens with zero attached hydrogens (tertiary/aromatic N) is 3. The molecule has 0 saturated carbocycles. The Morgan fingerprint density at radius 2 is 1.81 bits per heavy atom. The van der Waals surface area contributed by atoms with Crippen molar-refractivity contribution in [3.8, 4) is 0 Å². The van der Waals surface area contributed by atoms with Crippen molar-refractivity contribution in [2.24, 2.45) is 7.05 Å². The molecule has 0 bridgehead atoms. The highest BCUT2D eigenvalue weighted by molar-refractivity contribution is 5.15. The second kappa shape index (κ2) is 6.69. The van der Waals surface area contributed by atoms with E-state index in [4.69, 9.17) is 0 Å².